The van der Waals surface area contributed by atoms with Crippen LogP contribution in [0.4, 0.5) is 8.78 Å². The van der Waals surface area contributed by atoms with Gasteiger partial charge in [-0.2, -0.15) is 4.31 Å². The van der Waals surface area contributed by atoms with E-state index in [1.165, 1.54) is 28.6 Å². The topological polar surface area (TPSA) is 84.3 Å². The molecule has 1 atom stereocenters. The van der Waals surface area contributed by atoms with Gasteiger partial charge in [0.2, 0.25) is 10.0 Å². The van der Waals surface area contributed by atoms with Crippen LogP contribution in [0.3, 0.4) is 0 Å². The highest BCUT2D eigenvalue weighted by Crippen LogP contribution is 2.26. The van der Waals surface area contributed by atoms with Crippen molar-refractivity contribution in [2.45, 2.75) is 30.2 Å². The summed E-state index contributed by atoms with van der Waals surface area (Å²) in [5, 5.41) is 2.78. The Morgan fingerprint density at radius 2 is 1.85 bits per heavy atom. The summed E-state index contributed by atoms with van der Waals surface area (Å²) in [7, 11) is -2.33. The van der Waals surface area contributed by atoms with Gasteiger partial charge in [0.25, 0.3) is 5.91 Å². The second kappa shape index (κ2) is 9.40. The molecule has 2 aromatic carbocycles. The molecule has 10 heteroatoms. The van der Waals surface area contributed by atoms with Crippen molar-refractivity contribution in [1.82, 2.24) is 19.2 Å². The van der Waals surface area contributed by atoms with Crippen LogP contribution in [0.5, 0.6) is 0 Å². The van der Waals surface area contributed by atoms with E-state index in [0.717, 1.165) is 18.6 Å². The van der Waals surface area contributed by atoms with Gasteiger partial charge in [-0.1, -0.05) is 18.6 Å². The maximum atomic E-state index is 14.5. The van der Waals surface area contributed by atoms with Crippen molar-refractivity contribution < 1.29 is 22.0 Å². The largest absolute Gasteiger partial charge is 0.338 e. The smallest absolute Gasteiger partial charge is 0.252 e. The molecule has 0 spiro atoms. The number of benzene rings is 2. The number of aromatic nitrogens is 2. The fourth-order valence-corrected chi connectivity index (χ4v) is 5.55. The standard InChI is InChI=1S/C23H24F2N4O3S/c1-28-13-10-26-22(28)21(16-6-5-7-18(24)14-16)27-23(30)17-8-9-19(25)20(15-17)33(31,32)29-11-3-2-4-12-29/h5-10,13-15,21H,2-4,11-12H2,1H3,(H,27,30)/t21-/m1/s1. The molecule has 3 aromatic rings. The number of carbonyl (C=O) groups excluding carboxylic acids is 1. The Morgan fingerprint density at radius 3 is 2.52 bits per heavy atom. The first-order valence-electron chi connectivity index (χ1n) is 10.6. The molecule has 33 heavy (non-hydrogen) atoms. The monoisotopic (exact) mass is 474 g/mol. The first-order chi connectivity index (χ1) is 15.8. The maximum Gasteiger partial charge on any atom is 0.252 e. The van der Waals surface area contributed by atoms with Gasteiger partial charge in [0.15, 0.2) is 0 Å². The fourth-order valence-electron chi connectivity index (χ4n) is 3.94. The number of hydrogen-bond donors (Lipinski definition) is 1. The fraction of sp³-hybridized carbons (Fsp3) is 0.304. The molecule has 0 aliphatic carbocycles. The number of rotatable bonds is 6. The van der Waals surface area contributed by atoms with Crippen molar-refractivity contribution in [1.29, 1.82) is 0 Å². The summed E-state index contributed by atoms with van der Waals surface area (Å²) in [6.45, 7) is 0.637. The van der Waals surface area contributed by atoms with E-state index >= 15 is 0 Å². The molecule has 0 unspecified atom stereocenters. The zero-order chi connectivity index (χ0) is 23.6. The minimum absolute atomic E-state index is 0.0254. The number of piperidine rings is 1. The Labute approximate surface area is 191 Å². The van der Waals surface area contributed by atoms with E-state index in [9.17, 15) is 22.0 Å². The van der Waals surface area contributed by atoms with E-state index in [4.69, 9.17) is 0 Å². The molecule has 1 saturated heterocycles. The second-order valence-electron chi connectivity index (χ2n) is 7.97. The van der Waals surface area contributed by atoms with Gasteiger partial charge in [0, 0.05) is 38.1 Å². The molecule has 2 heterocycles. The lowest BCUT2D eigenvalue weighted by Crippen LogP contribution is -2.36. The molecule has 1 amide bonds. The second-order valence-corrected chi connectivity index (χ2v) is 9.87. The van der Waals surface area contributed by atoms with Crippen LogP contribution < -0.4 is 5.32 Å². The first kappa shape index (κ1) is 23.1. The lowest BCUT2D eigenvalue weighted by molar-refractivity contribution is 0.0940. The van der Waals surface area contributed by atoms with Crippen LogP contribution in [0.25, 0.3) is 0 Å². The first-order valence-corrected chi connectivity index (χ1v) is 12.0. The van der Waals surface area contributed by atoms with Gasteiger partial charge in [-0.3, -0.25) is 4.79 Å². The zero-order valence-corrected chi connectivity index (χ0v) is 18.9. The Balaban J connectivity index is 1.67. The molecule has 4 rings (SSSR count). The average Bonchev–Trinajstić information content (AvgIpc) is 3.23. The van der Waals surface area contributed by atoms with Crippen molar-refractivity contribution in [3.8, 4) is 0 Å². The highest BCUT2D eigenvalue weighted by atomic mass is 32.2. The lowest BCUT2D eigenvalue weighted by Gasteiger charge is -2.26. The van der Waals surface area contributed by atoms with Crippen molar-refractivity contribution in [2.24, 2.45) is 7.05 Å². The van der Waals surface area contributed by atoms with Crippen LogP contribution in [-0.4, -0.2) is 41.3 Å². The summed E-state index contributed by atoms with van der Waals surface area (Å²) < 4.78 is 57.3. The minimum Gasteiger partial charge on any atom is -0.338 e. The number of carbonyl (C=O) groups is 1. The van der Waals surface area contributed by atoms with Crippen LogP contribution in [0.1, 0.15) is 47.1 Å². The molecule has 1 aromatic heterocycles. The highest BCUT2D eigenvalue weighted by Gasteiger charge is 2.30. The number of aryl methyl sites for hydroxylation is 1. The molecule has 1 N–H and O–H groups in total. The summed E-state index contributed by atoms with van der Waals surface area (Å²) in [6, 6.07) is 8.20. The molecule has 1 aliphatic heterocycles. The van der Waals surface area contributed by atoms with E-state index in [2.05, 4.69) is 10.3 Å². The normalized spacial score (nSPS) is 15.8. The van der Waals surface area contributed by atoms with Gasteiger partial charge < -0.3 is 9.88 Å². The summed E-state index contributed by atoms with van der Waals surface area (Å²) in [5.41, 5.74) is 0.434. The van der Waals surface area contributed by atoms with Crippen molar-refractivity contribution in [2.75, 3.05) is 13.1 Å². The molecule has 0 saturated carbocycles. The molecule has 0 bridgehead atoms. The van der Waals surface area contributed by atoms with E-state index in [0.29, 0.717) is 37.3 Å². The van der Waals surface area contributed by atoms with Crippen LogP contribution in [0.15, 0.2) is 59.8 Å². The Morgan fingerprint density at radius 1 is 1.09 bits per heavy atom. The number of imidazole rings is 1. The van der Waals surface area contributed by atoms with Gasteiger partial charge in [-0.15, -0.1) is 0 Å². The van der Waals surface area contributed by atoms with E-state index in [-0.39, 0.29) is 5.56 Å². The van der Waals surface area contributed by atoms with E-state index in [1.54, 1.807) is 30.1 Å². The lowest BCUT2D eigenvalue weighted by atomic mass is 10.0. The van der Waals surface area contributed by atoms with Crippen LogP contribution in [-0.2, 0) is 17.1 Å². The number of hydrogen-bond acceptors (Lipinski definition) is 4. The van der Waals surface area contributed by atoms with Crippen molar-refractivity contribution >= 4 is 15.9 Å². The number of halogens is 2. The Hall–Kier alpha value is -3.11. The van der Waals surface area contributed by atoms with Gasteiger partial charge in [-0.25, -0.2) is 22.2 Å². The molecular formula is C23H24F2N4O3S. The zero-order valence-electron chi connectivity index (χ0n) is 18.0. The van der Waals surface area contributed by atoms with E-state index in [1.807, 2.05) is 0 Å². The summed E-state index contributed by atoms with van der Waals surface area (Å²) in [4.78, 5) is 16.8. The number of nitrogens with one attached hydrogen (secondary N) is 1. The van der Waals surface area contributed by atoms with E-state index < -0.39 is 38.5 Å². The number of nitrogens with zero attached hydrogens (tertiary/aromatic N) is 3. The Kier molecular flexibility index (Phi) is 6.57. The molecule has 174 valence electrons. The summed E-state index contributed by atoms with van der Waals surface area (Å²) in [5.74, 6) is -1.57. The predicted octanol–water partition coefficient (Wildman–Crippen LogP) is 3.39. The number of sulfonamides is 1. The molecular weight excluding hydrogens is 450 g/mol. The van der Waals surface area contributed by atoms with Crippen LogP contribution >= 0.6 is 0 Å². The van der Waals surface area contributed by atoms with Crippen molar-refractivity contribution in [3.05, 3.63) is 83.4 Å². The third-order valence-electron chi connectivity index (χ3n) is 5.70. The maximum absolute atomic E-state index is 14.5. The quantitative estimate of drug-likeness (QED) is 0.594. The highest BCUT2D eigenvalue weighted by molar-refractivity contribution is 7.89. The SMILES string of the molecule is Cn1ccnc1[C@H](NC(=O)c1ccc(F)c(S(=O)(=O)N2CCCCC2)c1)c1cccc(F)c1. The van der Waals surface area contributed by atoms with Crippen LogP contribution in [0.2, 0.25) is 0 Å². The molecule has 0 radical (unpaired) electrons. The minimum atomic E-state index is -4.07. The summed E-state index contributed by atoms with van der Waals surface area (Å²) in [6.07, 6.45) is 5.58. The number of amides is 1. The van der Waals surface area contributed by atoms with Crippen molar-refractivity contribution in [3.63, 3.8) is 0 Å². The van der Waals surface area contributed by atoms with Gasteiger partial charge in [0.1, 0.15) is 28.4 Å². The molecule has 7 nitrogen and oxygen atoms in total. The molecule has 1 aliphatic rings. The molecule has 1 fully saturated rings. The van der Waals surface area contributed by atoms with Gasteiger partial charge >= 0.3 is 0 Å². The van der Waals surface area contributed by atoms with Gasteiger partial charge in [-0.05, 0) is 48.7 Å². The average molecular weight is 475 g/mol. The Bertz CT molecular complexity index is 1270. The third kappa shape index (κ3) is 4.81. The van der Waals surface area contributed by atoms with Crippen LogP contribution in [0, 0.1) is 11.6 Å². The summed E-state index contributed by atoms with van der Waals surface area (Å²) >= 11 is 0. The predicted molar refractivity (Wildman–Crippen MR) is 118 cm³/mol. The van der Waals surface area contributed by atoms with Gasteiger partial charge in [0.05, 0.1) is 0 Å². The third-order valence-corrected chi connectivity index (χ3v) is 7.61.